The van der Waals surface area contributed by atoms with Crippen molar-refractivity contribution >= 4 is 23.4 Å². The van der Waals surface area contributed by atoms with Crippen LogP contribution < -0.4 is 5.73 Å². The summed E-state index contributed by atoms with van der Waals surface area (Å²) in [5.41, 5.74) is 5.44. The highest BCUT2D eigenvalue weighted by atomic mass is 35.5. The lowest BCUT2D eigenvalue weighted by Crippen LogP contribution is -2.06. The SMILES string of the molecule is CC(CCN)SCc1ccc(Cl)o1. The highest BCUT2D eigenvalue weighted by Gasteiger charge is 2.04. The van der Waals surface area contributed by atoms with Gasteiger partial charge in [0.25, 0.3) is 0 Å². The molecular weight excluding hydrogens is 206 g/mol. The zero-order valence-corrected chi connectivity index (χ0v) is 9.20. The largest absolute Gasteiger partial charge is 0.449 e. The molecule has 0 aliphatic carbocycles. The monoisotopic (exact) mass is 219 g/mol. The van der Waals surface area contributed by atoms with E-state index in [0.717, 1.165) is 24.5 Å². The Labute approximate surface area is 87.8 Å². The van der Waals surface area contributed by atoms with E-state index in [-0.39, 0.29) is 0 Å². The first-order valence-corrected chi connectivity index (χ1v) is 5.71. The van der Waals surface area contributed by atoms with Crippen LogP contribution in [0.4, 0.5) is 0 Å². The summed E-state index contributed by atoms with van der Waals surface area (Å²) in [5.74, 6) is 1.80. The van der Waals surface area contributed by atoms with Crippen LogP contribution in [0.1, 0.15) is 19.1 Å². The number of nitrogens with two attached hydrogens (primary N) is 1. The number of hydrogen-bond acceptors (Lipinski definition) is 3. The maximum atomic E-state index is 5.64. The maximum Gasteiger partial charge on any atom is 0.193 e. The van der Waals surface area contributed by atoms with E-state index in [1.807, 2.05) is 17.8 Å². The first kappa shape index (κ1) is 11.0. The highest BCUT2D eigenvalue weighted by molar-refractivity contribution is 7.99. The van der Waals surface area contributed by atoms with E-state index in [4.69, 9.17) is 21.8 Å². The average molecular weight is 220 g/mol. The molecule has 0 spiro atoms. The molecule has 1 heterocycles. The Morgan fingerprint density at radius 2 is 2.38 bits per heavy atom. The van der Waals surface area contributed by atoms with E-state index in [1.165, 1.54) is 0 Å². The normalized spacial score (nSPS) is 13.2. The van der Waals surface area contributed by atoms with Gasteiger partial charge in [-0.05, 0) is 36.7 Å². The summed E-state index contributed by atoms with van der Waals surface area (Å²) in [6.45, 7) is 2.91. The van der Waals surface area contributed by atoms with Crippen LogP contribution in [0, 0.1) is 0 Å². The van der Waals surface area contributed by atoms with Gasteiger partial charge in [-0.1, -0.05) is 6.92 Å². The van der Waals surface area contributed by atoms with Crippen molar-refractivity contribution in [1.29, 1.82) is 0 Å². The number of furan rings is 1. The smallest absolute Gasteiger partial charge is 0.193 e. The molecule has 2 nitrogen and oxygen atoms in total. The predicted molar refractivity (Wildman–Crippen MR) is 58.1 cm³/mol. The number of halogens is 1. The van der Waals surface area contributed by atoms with Crippen molar-refractivity contribution in [2.75, 3.05) is 6.54 Å². The van der Waals surface area contributed by atoms with Crippen molar-refractivity contribution in [3.63, 3.8) is 0 Å². The van der Waals surface area contributed by atoms with Gasteiger partial charge < -0.3 is 10.2 Å². The molecule has 0 bridgehead atoms. The summed E-state index contributed by atoms with van der Waals surface area (Å²) in [6.07, 6.45) is 1.04. The molecule has 2 N–H and O–H groups in total. The second-order valence-electron chi connectivity index (χ2n) is 2.90. The van der Waals surface area contributed by atoms with E-state index < -0.39 is 0 Å². The van der Waals surface area contributed by atoms with Gasteiger partial charge in [-0.25, -0.2) is 0 Å². The fourth-order valence-corrected chi connectivity index (χ4v) is 2.04. The van der Waals surface area contributed by atoms with Crippen LogP contribution in [0.15, 0.2) is 16.5 Å². The fourth-order valence-electron chi connectivity index (χ4n) is 0.972. The van der Waals surface area contributed by atoms with E-state index in [1.54, 1.807) is 6.07 Å². The zero-order valence-electron chi connectivity index (χ0n) is 7.63. The third-order valence-electron chi connectivity index (χ3n) is 1.71. The van der Waals surface area contributed by atoms with Gasteiger partial charge in [-0.3, -0.25) is 0 Å². The van der Waals surface area contributed by atoms with Crippen LogP contribution >= 0.6 is 23.4 Å². The van der Waals surface area contributed by atoms with E-state index in [9.17, 15) is 0 Å². The van der Waals surface area contributed by atoms with Crippen molar-refractivity contribution in [2.24, 2.45) is 5.73 Å². The van der Waals surface area contributed by atoms with Crippen LogP contribution in [0.3, 0.4) is 0 Å². The van der Waals surface area contributed by atoms with Crippen LogP contribution in [-0.2, 0) is 5.75 Å². The molecule has 1 aromatic rings. The first-order chi connectivity index (χ1) is 6.22. The molecule has 0 saturated carbocycles. The standard InChI is InChI=1S/C9H14ClNOS/c1-7(4-5-11)13-6-8-2-3-9(10)12-8/h2-3,7H,4-6,11H2,1H3. The Kier molecular flexibility index (Phi) is 4.70. The third-order valence-corrected chi connectivity index (χ3v) is 3.17. The fraction of sp³-hybridized carbons (Fsp3) is 0.556. The second-order valence-corrected chi connectivity index (χ2v) is 4.70. The van der Waals surface area contributed by atoms with Crippen LogP contribution in [-0.4, -0.2) is 11.8 Å². The van der Waals surface area contributed by atoms with Gasteiger partial charge in [-0.15, -0.1) is 0 Å². The third kappa shape index (κ3) is 4.07. The quantitative estimate of drug-likeness (QED) is 0.828. The maximum absolute atomic E-state index is 5.64. The van der Waals surface area contributed by atoms with Gasteiger partial charge in [0, 0.05) is 5.25 Å². The summed E-state index contributed by atoms with van der Waals surface area (Å²) < 4.78 is 5.23. The minimum absolute atomic E-state index is 0.460. The molecule has 1 unspecified atom stereocenters. The van der Waals surface area contributed by atoms with Gasteiger partial charge in [0.15, 0.2) is 5.22 Å². The van der Waals surface area contributed by atoms with E-state index in [0.29, 0.717) is 10.5 Å². The lowest BCUT2D eigenvalue weighted by Gasteiger charge is -2.07. The molecule has 0 radical (unpaired) electrons. The van der Waals surface area contributed by atoms with Gasteiger partial charge in [0.1, 0.15) is 5.76 Å². The second kappa shape index (κ2) is 5.58. The lowest BCUT2D eigenvalue weighted by molar-refractivity contribution is 0.532. The van der Waals surface area contributed by atoms with Crippen LogP contribution in [0.25, 0.3) is 0 Å². The van der Waals surface area contributed by atoms with Crippen molar-refractivity contribution in [3.05, 3.63) is 23.1 Å². The van der Waals surface area contributed by atoms with E-state index in [2.05, 4.69) is 6.92 Å². The van der Waals surface area contributed by atoms with Gasteiger partial charge in [0.2, 0.25) is 0 Å². The molecule has 0 amide bonds. The summed E-state index contributed by atoms with van der Waals surface area (Å²) in [4.78, 5) is 0. The Morgan fingerprint density at radius 3 is 2.92 bits per heavy atom. The van der Waals surface area contributed by atoms with E-state index >= 15 is 0 Å². The predicted octanol–water partition coefficient (Wildman–Crippen LogP) is 2.90. The Balaban J connectivity index is 2.26. The summed E-state index contributed by atoms with van der Waals surface area (Å²) in [6, 6.07) is 3.68. The van der Waals surface area contributed by atoms with Gasteiger partial charge in [-0.2, -0.15) is 11.8 Å². The minimum atomic E-state index is 0.460. The van der Waals surface area contributed by atoms with Crippen LogP contribution in [0.2, 0.25) is 5.22 Å². The molecule has 4 heteroatoms. The molecule has 1 atom stereocenters. The number of thioether (sulfide) groups is 1. The van der Waals surface area contributed by atoms with Crippen molar-refractivity contribution in [2.45, 2.75) is 24.3 Å². The molecule has 0 aliphatic rings. The Morgan fingerprint density at radius 1 is 1.62 bits per heavy atom. The van der Waals surface area contributed by atoms with Crippen LogP contribution in [0.5, 0.6) is 0 Å². The Hall–Kier alpha value is -0.120. The molecule has 74 valence electrons. The highest BCUT2D eigenvalue weighted by Crippen LogP contribution is 2.22. The minimum Gasteiger partial charge on any atom is -0.449 e. The van der Waals surface area contributed by atoms with Crippen molar-refractivity contribution in [3.8, 4) is 0 Å². The van der Waals surface area contributed by atoms with Crippen molar-refractivity contribution in [1.82, 2.24) is 0 Å². The molecular formula is C9H14ClNOS. The van der Waals surface area contributed by atoms with Gasteiger partial charge >= 0.3 is 0 Å². The first-order valence-electron chi connectivity index (χ1n) is 4.28. The zero-order chi connectivity index (χ0) is 9.68. The molecule has 1 rings (SSSR count). The van der Waals surface area contributed by atoms with Gasteiger partial charge in [0.05, 0.1) is 5.75 Å². The summed E-state index contributed by atoms with van der Waals surface area (Å²) in [7, 11) is 0. The average Bonchev–Trinajstić information content (AvgIpc) is 2.49. The molecule has 0 aliphatic heterocycles. The molecule has 0 saturated heterocycles. The topological polar surface area (TPSA) is 39.2 Å². The molecule has 13 heavy (non-hydrogen) atoms. The molecule has 0 fully saturated rings. The Bertz CT molecular complexity index is 252. The lowest BCUT2D eigenvalue weighted by atomic mass is 10.3. The molecule has 0 aromatic carbocycles. The number of rotatable bonds is 5. The summed E-state index contributed by atoms with van der Waals surface area (Å²) >= 11 is 7.48. The van der Waals surface area contributed by atoms with Crippen molar-refractivity contribution < 1.29 is 4.42 Å². The molecule has 1 aromatic heterocycles. The summed E-state index contributed by atoms with van der Waals surface area (Å²) in [5, 5.41) is 1.04. The number of hydrogen-bond donors (Lipinski definition) is 1.